The van der Waals surface area contributed by atoms with E-state index in [-0.39, 0.29) is 0 Å². The van der Waals surface area contributed by atoms with E-state index in [4.69, 9.17) is 9.97 Å². The van der Waals surface area contributed by atoms with E-state index in [1.54, 1.807) is 0 Å². The molecule has 1 aliphatic heterocycles. The molecule has 0 bridgehead atoms. The summed E-state index contributed by atoms with van der Waals surface area (Å²) in [5.41, 5.74) is 14.7. The summed E-state index contributed by atoms with van der Waals surface area (Å²) >= 11 is 0. The SMILES string of the molecule is C1=C\Cc2cc(-c3ccccc3)cc(-c3ccccc3)c2N(c2cccc(-c3nc(-c4ccc(-c5cccc6ccccc56)cc4)c4ccccc4n3)c2)C/C=C\C/1.CC. The van der Waals surface area contributed by atoms with E-state index in [2.05, 4.69) is 217 Å². The smallest absolute Gasteiger partial charge is 0.160 e. The first-order chi connectivity index (χ1) is 29.8. The summed E-state index contributed by atoms with van der Waals surface area (Å²) in [5, 5.41) is 3.52. The average molecular weight is 774 g/mol. The first-order valence-electron chi connectivity index (χ1n) is 21.1. The van der Waals surface area contributed by atoms with E-state index in [9.17, 15) is 0 Å². The highest BCUT2D eigenvalue weighted by molar-refractivity contribution is 5.98. The van der Waals surface area contributed by atoms with Crippen molar-refractivity contribution in [2.45, 2.75) is 26.7 Å². The van der Waals surface area contributed by atoms with Crippen molar-refractivity contribution in [3.63, 3.8) is 0 Å². The second kappa shape index (κ2) is 17.6. The topological polar surface area (TPSA) is 29.0 Å². The molecular formula is C57H47N3. The van der Waals surface area contributed by atoms with Gasteiger partial charge in [0.2, 0.25) is 0 Å². The van der Waals surface area contributed by atoms with Gasteiger partial charge in [0.15, 0.2) is 5.82 Å². The maximum Gasteiger partial charge on any atom is 0.160 e. The van der Waals surface area contributed by atoms with Crippen molar-refractivity contribution in [2.24, 2.45) is 0 Å². The molecule has 0 amide bonds. The predicted octanol–water partition coefficient (Wildman–Crippen LogP) is 15.3. The Morgan fingerprint density at radius 1 is 0.433 bits per heavy atom. The van der Waals surface area contributed by atoms with Crippen LogP contribution in [0.15, 0.2) is 212 Å². The lowest BCUT2D eigenvalue weighted by molar-refractivity contribution is 1.06. The number of fused-ring (bicyclic) bond motifs is 3. The third-order valence-electron chi connectivity index (χ3n) is 11.2. The van der Waals surface area contributed by atoms with E-state index >= 15 is 0 Å². The fourth-order valence-corrected chi connectivity index (χ4v) is 8.31. The van der Waals surface area contributed by atoms with Crippen LogP contribution >= 0.6 is 0 Å². The second-order valence-electron chi connectivity index (χ2n) is 14.8. The molecule has 0 spiro atoms. The van der Waals surface area contributed by atoms with Gasteiger partial charge in [0, 0.05) is 34.3 Å². The Bertz CT molecular complexity index is 2960. The first kappa shape index (κ1) is 38.2. The average Bonchev–Trinajstić information content (AvgIpc) is 3.33. The van der Waals surface area contributed by atoms with E-state index in [0.29, 0.717) is 5.82 Å². The number of hydrogen-bond acceptors (Lipinski definition) is 3. The Balaban J connectivity index is 0.00000228. The molecule has 1 aromatic heterocycles. The molecule has 9 aromatic rings. The summed E-state index contributed by atoms with van der Waals surface area (Å²) in [4.78, 5) is 13.0. The van der Waals surface area contributed by atoms with Crippen LogP contribution in [-0.4, -0.2) is 16.5 Å². The van der Waals surface area contributed by atoms with Crippen molar-refractivity contribution in [3.8, 4) is 56.0 Å². The Morgan fingerprint density at radius 3 is 1.88 bits per heavy atom. The minimum atomic E-state index is 0.705. The molecule has 8 aromatic carbocycles. The van der Waals surface area contributed by atoms with Crippen molar-refractivity contribution >= 4 is 33.1 Å². The highest BCUT2D eigenvalue weighted by atomic mass is 15.1. The van der Waals surface area contributed by atoms with Crippen LogP contribution in [0, 0.1) is 0 Å². The van der Waals surface area contributed by atoms with E-state index < -0.39 is 0 Å². The van der Waals surface area contributed by atoms with Gasteiger partial charge in [-0.3, -0.25) is 0 Å². The fraction of sp³-hybridized carbons (Fsp3) is 0.0877. The zero-order chi connectivity index (χ0) is 40.7. The lowest BCUT2D eigenvalue weighted by Crippen LogP contribution is -2.20. The van der Waals surface area contributed by atoms with Gasteiger partial charge in [-0.15, -0.1) is 0 Å². The third kappa shape index (κ3) is 7.78. The predicted molar refractivity (Wildman–Crippen MR) is 256 cm³/mol. The number of anilines is 2. The standard InChI is InChI=1S/C55H41N3.C2H6/c1-2-6-23-44-36-46(39-18-7-4-8-19-39)38-51(41-20-9-5-10-21-41)54(44)58(35-15-3-1)47-26-16-25-45(37-47)55-56-52-30-14-13-28-50(52)53(57-55)43-33-31-42(32-34-43)49-29-17-24-40-22-11-12-27-48(40)49;1-2/h2-22,24-34,36-38H,1,23,35H2;1-2H3/b6-2-,15-3-;. The molecule has 0 aliphatic carbocycles. The Hall–Kier alpha value is -7.36. The van der Waals surface area contributed by atoms with Gasteiger partial charge < -0.3 is 4.90 Å². The Kier molecular flexibility index (Phi) is 11.2. The molecule has 290 valence electrons. The van der Waals surface area contributed by atoms with Crippen molar-refractivity contribution in [3.05, 3.63) is 218 Å². The maximum atomic E-state index is 5.34. The molecule has 0 saturated heterocycles. The van der Waals surface area contributed by atoms with Gasteiger partial charge in [0.1, 0.15) is 0 Å². The molecule has 10 rings (SSSR count). The van der Waals surface area contributed by atoms with Crippen LogP contribution in [0.25, 0.3) is 77.7 Å². The zero-order valence-electron chi connectivity index (χ0n) is 34.2. The molecule has 0 radical (unpaired) electrons. The molecule has 0 atom stereocenters. The molecule has 60 heavy (non-hydrogen) atoms. The molecule has 3 nitrogen and oxygen atoms in total. The van der Waals surface area contributed by atoms with E-state index in [0.717, 1.165) is 52.8 Å². The number of benzene rings is 8. The largest absolute Gasteiger partial charge is 0.337 e. The van der Waals surface area contributed by atoms with Crippen molar-refractivity contribution in [1.29, 1.82) is 0 Å². The number of rotatable bonds is 6. The number of nitrogens with zero attached hydrogens (tertiary/aromatic N) is 3. The van der Waals surface area contributed by atoms with Crippen LogP contribution in [0.5, 0.6) is 0 Å². The third-order valence-corrected chi connectivity index (χ3v) is 11.2. The summed E-state index contributed by atoms with van der Waals surface area (Å²) in [6, 6.07) is 67.3. The van der Waals surface area contributed by atoms with Crippen LogP contribution in [0.4, 0.5) is 11.4 Å². The quantitative estimate of drug-likeness (QED) is 0.158. The lowest BCUT2D eigenvalue weighted by Gasteiger charge is -2.30. The van der Waals surface area contributed by atoms with E-state index in [1.165, 1.54) is 55.4 Å². The molecule has 1 aliphatic rings. The normalized spacial score (nSPS) is 13.5. The molecule has 0 unspecified atom stereocenters. The minimum absolute atomic E-state index is 0.705. The van der Waals surface area contributed by atoms with Gasteiger partial charge in [-0.05, 0) is 87.3 Å². The van der Waals surface area contributed by atoms with Gasteiger partial charge in [-0.2, -0.15) is 0 Å². The Labute approximate surface area is 353 Å². The molecule has 2 heterocycles. The summed E-state index contributed by atoms with van der Waals surface area (Å²) in [6.45, 7) is 4.72. The minimum Gasteiger partial charge on any atom is -0.337 e. The van der Waals surface area contributed by atoms with Crippen LogP contribution in [0.2, 0.25) is 0 Å². The van der Waals surface area contributed by atoms with Gasteiger partial charge in [0.05, 0.1) is 16.9 Å². The van der Waals surface area contributed by atoms with Crippen LogP contribution in [0.1, 0.15) is 25.8 Å². The fourth-order valence-electron chi connectivity index (χ4n) is 8.31. The summed E-state index contributed by atoms with van der Waals surface area (Å²) < 4.78 is 0. The number of hydrogen-bond donors (Lipinski definition) is 0. The highest BCUT2D eigenvalue weighted by Gasteiger charge is 2.21. The van der Waals surface area contributed by atoms with Gasteiger partial charge in [-0.1, -0.05) is 196 Å². The summed E-state index contributed by atoms with van der Waals surface area (Å²) in [5.74, 6) is 0.705. The monoisotopic (exact) mass is 773 g/mol. The number of allylic oxidation sites excluding steroid dienone is 3. The van der Waals surface area contributed by atoms with Crippen LogP contribution < -0.4 is 4.90 Å². The van der Waals surface area contributed by atoms with Gasteiger partial charge >= 0.3 is 0 Å². The molecular weight excluding hydrogens is 727 g/mol. The summed E-state index contributed by atoms with van der Waals surface area (Å²) in [7, 11) is 0. The van der Waals surface area contributed by atoms with E-state index in [1.807, 2.05) is 13.8 Å². The van der Waals surface area contributed by atoms with Gasteiger partial charge in [0.25, 0.3) is 0 Å². The molecule has 0 fully saturated rings. The molecule has 3 heteroatoms. The maximum absolute atomic E-state index is 5.34. The summed E-state index contributed by atoms with van der Waals surface area (Å²) in [6.07, 6.45) is 10.9. The highest BCUT2D eigenvalue weighted by Crippen LogP contribution is 2.43. The number of aromatic nitrogens is 2. The zero-order valence-corrected chi connectivity index (χ0v) is 34.2. The van der Waals surface area contributed by atoms with Crippen molar-refractivity contribution in [1.82, 2.24) is 9.97 Å². The number of para-hydroxylation sites is 1. The lowest BCUT2D eigenvalue weighted by atomic mass is 9.91. The van der Waals surface area contributed by atoms with Crippen LogP contribution in [-0.2, 0) is 6.42 Å². The first-order valence-corrected chi connectivity index (χ1v) is 21.1. The Morgan fingerprint density at radius 2 is 1.07 bits per heavy atom. The molecule has 0 N–H and O–H groups in total. The van der Waals surface area contributed by atoms with Gasteiger partial charge in [-0.25, -0.2) is 9.97 Å². The van der Waals surface area contributed by atoms with Crippen molar-refractivity contribution in [2.75, 3.05) is 11.4 Å². The molecule has 0 saturated carbocycles. The van der Waals surface area contributed by atoms with Crippen molar-refractivity contribution < 1.29 is 0 Å². The van der Waals surface area contributed by atoms with Crippen LogP contribution in [0.3, 0.4) is 0 Å². The second-order valence-corrected chi connectivity index (χ2v) is 14.8.